The molecule has 0 radical (unpaired) electrons. The van der Waals surface area contributed by atoms with Crippen LogP contribution in [0.15, 0.2) is 36.4 Å². The molecule has 2 heterocycles. The van der Waals surface area contributed by atoms with Gasteiger partial charge in [0.25, 0.3) is 5.91 Å². The summed E-state index contributed by atoms with van der Waals surface area (Å²) in [5.41, 5.74) is 3.01. The molecular weight excluding hydrogens is 455 g/mol. The molecule has 1 aliphatic heterocycles. The number of alkyl halides is 3. The van der Waals surface area contributed by atoms with Crippen LogP contribution in [0.25, 0.3) is 10.2 Å². The third kappa shape index (κ3) is 6.01. The van der Waals surface area contributed by atoms with Gasteiger partial charge >= 0.3 is 6.36 Å². The number of anilines is 1. The van der Waals surface area contributed by atoms with E-state index in [1.54, 1.807) is 4.90 Å². The van der Waals surface area contributed by atoms with Gasteiger partial charge in [0.05, 0.1) is 23.4 Å². The quantitative estimate of drug-likeness (QED) is 0.509. The van der Waals surface area contributed by atoms with Gasteiger partial charge < -0.3 is 9.47 Å². The number of fused-ring (bicyclic) bond motifs is 1. The Morgan fingerprint density at radius 3 is 2.52 bits per heavy atom. The number of ether oxygens (including phenoxy) is 2. The first-order valence-corrected chi connectivity index (χ1v) is 11.4. The fourth-order valence-corrected chi connectivity index (χ4v) is 4.83. The van der Waals surface area contributed by atoms with Crippen LogP contribution in [0.2, 0.25) is 0 Å². The maximum absolute atomic E-state index is 13.5. The molecule has 0 N–H and O–H groups in total. The van der Waals surface area contributed by atoms with E-state index in [0.29, 0.717) is 47.2 Å². The summed E-state index contributed by atoms with van der Waals surface area (Å²) in [7, 11) is 0. The van der Waals surface area contributed by atoms with Gasteiger partial charge in [-0.25, -0.2) is 4.98 Å². The van der Waals surface area contributed by atoms with Crippen molar-refractivity contribution in [2.24, 2.45) is 0 Å². The number of amides is 1. The molecule has 3 aromatic rings. The molecule has 6 nitrogen and oxygen atoms in total. The summed E-state index contributed by atoms with van der Waals surface area (Å²) in [6.07, 6.45) is -4.77. The first-order valence-electron chi connectivity index (χ1n) is 10.5. The summed E-state index contributed by atoms with van der Waals surface area (Å²) >= 11 is 1.17. The molecule has 1 aromatic heterocycles. The number of nitrogens with zero attached hydrogens (tertiary/aromatic N) is 3. The number of hydrogen-bond donors (Lipinski definition) is 0. The molecule has 0 spiro atoms. The van der Waals surface area contributed by atoms with Gasteiger partial charge in [-0.3, -0.25) is 14.6 Å². The van der Waals surface area contributed by atoms with Crippen molar-refractivity contribution in [2.45, 2.75) is 20.2 Å². The highest BCUT2D eigenvalue weighted by atomic mass is 32.1. The fraction of sp³-hybridized carbons (Fsp3) is 0.391. The van der Waals surface area contributed by atoms with Gasteiger partial charge in [-0.05, 0) is 38.1 Å². The van der Waals surface area contributed by atoms with E-state index in [1.807, 2.05) is 32.0 Å². The number of hydrogen-bond acceptors (Lipinski definition) is 6. The van der Waals surface area contributed by atoms with E-state index in [9.17, 15) is 18.0 Å². The van der Waals surface area contributed by atoms with Crippen molar-refractivity contribution in [3.05, 3.63) is 53.1 Å². The molecule has 1 amide bonds. The van der Waals surface area contributed by atoms with Gasteiger partial charge in [0.15, 0.2) is 5.13 Å². The van der Waals surface area contributed by atoms with Gasteiger partial charge in [0.1, 0.15) is 5.75 Å². The van der Waals surface area contributed by atoms with Crippen LogP contribution in [0.4, 0.5) is 18.3 Å². The molecule has 33 heavy (non-hydrogen) atoms. The van der Waals surface area contributed by atoms with E-state index >= 15 is 0 Å². The lowest BCUT2D eigenvalue weighted by Crippen LogP contribution is -2.43. The molecule has 10 heteroatoms. The van der Waals surface area contributed by atoms with E-state index in [0.717, 1.165) is 24.2 Å². The molecule has 0 bridgehead atoms. The molecule has 4 rings (SSSR count). The van der Waals surface area contributed by atoms with Gasteiger partial charge in [-0.15, -0.1) is 13.2 Å². The van der Waals surface area contributed by atoms with Gasteiger partial charge in [0.2, 0.25) is 0 Å². The average Bonchev–Trinajstić information content (AvgIpc) is 3.15. The van der Waals surface area contributed by atoms with Crippen LogP contribution in [0.1, 0.15) is 21.5 Å². The van der Waals surface area contributed by atoms with E-state index in [-0.39, 0.29) is 11.7 Å². The first kappa shape index (κ1) is 23.5. The molecule has 0 atom stereocenters. The van der Waals surface area contributed by atoms with Crippen molar-refractivity contribution < 1.29 is 27.4 Å². The lowest BCUT2D eigenvalue weighted by Gasteiger charge is -2.29. The Balaban J connectivity index is 1.65. The van der Waals surface area contributed by atoms with Crippen LogP contribution in [-0.4, -0.2) is 61.5 Å². The maximum atomic E-state index is 13.5. The number of morpholine rings is 1. The number of aromatic nitrogens is 1. The lowest BCUT2D eigenvalue weighted by molar-refractivity contribution is -0.274. The first-order chi connectivity index (χ1) is 15.7. The zero-order valence-electron chi connectivity index (χ0n) is 18.3. The Bertz CT molecular complexity index is 1120. The van der Waals surface area contributed by atoms with E-state index < -0.39 is 6.36 Å². The Kier molecular flexibility index (Phi) is 6.87. The predicted octanol–water partition coefficient (Wildman–Crippen LogP) is 4.79. The summed E-state index contributed by atoms with van der Waals surface area (Å²) in [6, 6.07) is 9.65. The van der Waals surface area contributed by atoms with Gasteiger partial charge in [-0.1, -0.05) is 28.5 Å². The molecule has 1 saturated heterocycles. The van der Waals surface area contributed by atoms with Crippen LogP contribution in [0, 0.1) is 13.8 Å². The van der Waals surface area contributed by atoms with Gasteiger partial charge in [0, 0.05) is 37.8 Å². The number of benzene rings is 2. The maximum Gasteiger partial charge on any atom is 0.573 e. The van der Waals surface area contributed by atoms with Crippen molar-refractivity contribution in [3.63, 3.8) is 0 Å². The number of halogens is 3. The van der Waals surface area contributed by atoms with Crippen LogP contribution in [0.5, 0.6) is 5.75 Å². The standard InChI is InChI=1S/C23H24F3N3O3S/c1-15-11-16(2)13-17(12-15)21(30)29(6-5-28-7-9-31-10-8-28)22-27-19-4-3-18(14-20(19)33-22)32-23(24,25)26/h3-4,11-14H,5-10H2,1-2H3. The minimum atomic E-state index is -4.77. The molecule has 1 fully saturated rings. The van der Waals surface area contributed by atoms with Gasteiger partial charge in [-0.2, -0.15) is 0 Å². The molecule has 0 aliphatic carbocycles. The van der Waals surface area contributed by atoms with Crippen LogP contribution >= 0.6 is 11.3 Å². The number of aryl methyl sites for hydroxylation is 2. The average molecular weight is 480 g/mol. The summed E-state index contributed by atoms with van der Waals surface area (Å²) in [4.78, 5) is 21.9. The Morgan fingerprint density at radius 1 is 1.15 bits per heavy atom. The highest BCUT2D eigenvalue weighted by molar-refractivity contribution is 7.22. The van der Waals surface area contributed by atoms with Crippen molar-refractivity contribution in [1.29, 1.82) is 0 Å². The fourth-order valence-electron chi connectivity index (χ4n) is 3.81. The highest BCUT2D eigenvalue weighted by Crippen LogP contribution is 2.34. The van der Waals surface area contributed by atoms with Crippen LogP contribution in [0.3, 0.4) is 0 Å². The molecule has 0 unspecified atom stereocenters. The van der Waals surface area contributed by atoms with Crippen LogP contribution in [-0.2, 0) is 4.74 Å². The molecule has 0 saturated carbocycles. The normalized spacial score (nSPS) is 15.1. The number of thiazole rings is 1. The number of carbonyl (C=O) groups is 1. The monoisotopic (exact) mass is 479 g/mol. The number of carbonyl (C=O) groups excluding carboxylic acids is 1. The van der Waals surface area contributed by atoms with Crippen LogP contribution < -0.4 is 9.64 Å². The number of rotatable bonds is 6. The third-order valence-corrected chi connectivity index (χ3v) is 6.31. The topological polar surface area (TPSA) is 54.9 Å². The highest BCUT2D eigenvalue weighted by Gasteiger charge is 2.31. The second kappa shape index (κ2) is 9.66. The van der Waals surface area contributed by atoms with Crippen molar-refractivity contribution in [1.82, 2.24) is 9.88 Å². The third-order valence-electron chi connectivity index (χ3n) is 5.27. The summed E-state index contributed by atoms with van der Waals surface area (Å²) < 4.78 is 47.8. The lowest BCUT2D eigenvalue weighted by atomic mass is 10.1. The summed E-state index contributed by atoms with van der Waals surface area (Å²) in [5.74, 6) is -0.508. The Hall–Kier alpha value is -2.69. The molecule has 176 valence electrons. The summed E-state index contributed by atoms with van der Waals surface area (Å²) in [6.45, 7) is 7.76. The molecule has 1 aliphatic rings. The summed E-state index contributed by atoms with van der Waals surface area (Å²) in [5, 5.41) is 0.437. The minimum Gasteiger partial charge on any atom is -0.406 e. The second-order valence-electron chi connectivity index (χ2n) is 7.96. The zero-order chi connectivity index (χ0) is 23.6. The molecular formula is C23H24F3N3O3S. The van der Waals surface area contributed by atoms with Crippen molar-refractivity contribution in [3.8, 4) is 5.75 Å². The predicted molar refractivity (Wildman–Crippen MR) is 121 cm³/mol. The Labute approximate surface area is 193 Å². The molecule has 2 aromatic carbocycles. The van der Waals surface area contributed by atoms with Crippen molar-refractivity contribution >= 4 is 32.6 Å². The Morgan fingerprint density at radius 2 is 1.85 bits per heavy atom. The van der Waals surface area contributed by atoms with Crippen molar-refractivity contribution in [2.75, 3.05) is 44.3 Å². The SMILES string of the molecule is Cc1cc(C)cc(C(=O)N(CCN2CCOCC2)c2nc3ccc(OC(F)(F)F)cc3s2)c1. The minimum absolute atomic E-state index is 0.194. The zero-order valence-corrected chi connectivity index (χ0v) is 19.1. The van der Waals surface area contributed by atoms with E-state index in [4.69, 9.17) is 4.74 Å². The smallest absolute Gasteiger partial charge is 0.406 e. The van der Waals surface area contributed by atoms with E-state index in [2.05, 4.69) is 14.6 Å². The second-order valence-corrected chi connectivity index (χ2v) is 8.97. The van der Waals surface area contributed by atoms with E-state index in [1.165, 1.54) is 29.5 Å². The largest absolute Gasteiger partial charge is 0.573 e.